The maximum absolute atomic E-state index is 10.4. The zero-order valence-corrected chi connectivity index (χ0v) is 16.8. The molecule has 3 aromatic carbocycles. The molecule has 0 aromatic heterocycles. The molecule has 3 nitrogen and oxygen atoms in total. The van der Waals surface area contributed by atoms with Crippen LogP contribution in [0, 0.1) is 0 Å². The first-order valence-corrected chi connectivity index (χ1v) is 10.0. The minimum absolute atomic E-state index is 0.0492. The van der Waals surface area contributed by atoms with Crippen molar-refractivity contribution < 1.29 is 10.2 Å². The molecule has 27 heavy (non-hydrogen) atoms. The maximum Gasteiger partial charge on any atom is 0.142 e. The summed E-state index contributed by atoms with van der Waals surface area (Å²) in [5.74, 6) is 0.119. The van der Waals surface area contributed by atoms with Crippen LogP contribution in [0.25, 0.3) is 0 Å². The fourth-order valence-electron chi connectivity index (χ4n) is 2.70. The van der Waals surface area contributed by atoms with Crippen molar-refractivity contribution in [2.24, 2.45) is 0 Å². The molecule has 0 bridgehead atoms. The zero-order chi connectivity index (χ0) is 19.2. The van der Waals surface area contributed by atoms with Gasteiger partial charge in [-0.25, -0.2) is 0 Å². The van der Waals surface area contributed by atoms with Crippen LogP contribution in [-0.4, -0.2) is 16.8 Å². The van der Waals surface area contributed by atoms with Gasteiger partial charge in [-0.3, -0.25) is 0 Å². The number of rotatable bonds is 7. The average molecular weight is 420 g/mol. The number of aromatic hydroxyl groups is 1. The Morgan fingerprint density at radius 1 is 0.889 bits per heavy atom. The second kappa shape index (κ2) is 9.38. The van der Waals surface area contributed by atoms with Crippen molar-refractivity contribution >= 4 is 40.7 Å². The minimum atomic E-state index is -0.0492. The summed E-state index contributed by atoms with van der Waals surface area (Å²) in [6.45, 7) is 0.475. The van der Waals surface area contributed by atoms with E-state index in [4.69, 9.17) is 28.3 Å². The number of nitrogens with one attached hydrogen (secondary N) is 1. The van der Waals surface area contributed by atoms with E-state index in [2.05, 4.69) is 11.4 Å². The highest BCUT2D eigenvalue weighted by atomic mass is 35.5. The van der Waals surface area contributed by atoms with E-state index in [1.807, 2.05) is 42.5 Å². The van der Waals surface area contributed by atoms with Crippen LogP contribution >= 0.6 is 35.0 Å². The third kappa shape index (κ3) is 5.33. The molecular formula is C21H19Cl2NO2S. The first-order chi connectivity index (χ1) is 13.1. The van der Waals surface area contributed by atoms with Gasteiger partial charge >= 0.3 is 0 Å². The third-order valence-electron chi connectivity index (χ3n) is 4.00. The molecule has 3 aromatic rings. The number of hydrogen-bond donors (Lipinski definition) is 3. The van der Waals surface area contributed by atoms with Crippen molar-refractivity contribution in [3.63, 3.8) is 0 Å². The monoisotopic (exact) mass is 419 g/mol. The zero-order valence-electron chi connectivity index (χ0n) is 14.5. The summed E-state index contributed by atoms with van der Waals surface area (Å²) in [5, 5.41) is 24.0. The molecule has 0 spiro atoms. The predicted octanol–water partition coefficient (Wildman–Crippen LogP) is 6.00. The molecule has 140 valence electrons. The molecule has 0 heterocycles. The van der Waals surface area contributed by atoms with Gasteiger partial charge < -0.3 is 15.5 Å². The lowest BCUT2D eigenvalue weighted by atomic mass is 10.1. The molecule has 6 heteroatoms. The molecule has 3 rings (SSSR count). The Bertz CT molecular complexity index is 934. The van der Waals surface area contributed by atoms with Gasteiger partial charge in [0.25, 0.3) is 0 Å². The highest BCUT2D eigenvalue weighted by Crippen LogP contribution is 2.35. The van der Waals surface area contributed by atoms with E-state index >= 15 is 0 Å². The average Bonchev–Trinajstić information content (AvgIpc) is 2.64. The minimum Gasteiger partial charge on any atom is -0.505 e. The lowest BCUT2D eigenvalue weighted by molar-refractivity contribution is 0.297. The summed E-state index contributed by atoms with van der Waals surface area (Å²) in [5.41, 5.74) is 2.26. The molecule has 3 N–H and O–H groups in total. The van der Waals surface area contributed by atoms with E-state index in [0.29, 0.717) is 34.3 Å². The van der Waals surface area contributed by atoms with E-state index < -0.39 is 0 Å². The van der Waals surface area contributed by atoms with Crippen LogP contribution in [0.15, 0.2) is 70.5 Å². The van der Waals surface area contributed by atoms with Gasteiger partial charge in [0.1, 0.15) is 5.75 Å². The molecule has 0 aliphatic heterocycles. The maximum atomic E-state index is 10.4. The highest BCUT2D eigenvalue weighted by molar-refractivity contribution is 7.99. The van der Waals surface area contributed by atoms with E-state index in [1.165, 1.54) is 0 Å². The van der Waals surface area contributed by atoms with Gasteiger partial charge in [0.05, 0.1) is 5.69 Å². The quantitative estimate of drug-likeness (QED) is 0.411. The molecule has 0 saturated heterocycles. The van der Waals surface area contributed by atoms with Gasteiger partial charge in [0.2, 0.25) is 0 Å². The van der Waals surface area contributed by atoms with Crippen LogP contribution in [-0.2, 0) is 13.0 Å². The van der Waals surface area contributed by atoms with Crippen LogP contribution in [0.1, 0.15) is 11.1 Å². The Kier molecular flexibility index (Phi) is 6.91. The Balaban J connectivity index is 1.79. The Morgan fingerprint density at radius 3 is 2.48 bits per heavy atom. The Morgan fingerprint density at radius 2 is 1.70 bits per heavy atom. The normalized spacial score (nSPS) is 10.8. The van der Waals surface area contributed by atoms with Gasteiger partial charge in [-0.15, -0.1) is 0 Å². The third-order valence-corrected chi connectivity index (χ3v) is 5.56. The molecule has 0 aliphatic carbocycles. The number of halogens is 2. The van der Waals surface area contributed by atoms with Crippen molar-refractivity contribution in [1.82, 2.24) is 0 Å². The van der Waals surface area contributed by atoms with Crippen molar-refractivity contribution in [2.75, 3.05) is 11.9 Å². The number of anilines is 1. The smallest absolute Gasteiger partial charge is 0.142 e. The van der Waals surface area contributed by atoms with Crippen LogP contribution in [0.3, 0.4) is 0 Å². The van der Waals surface area contributed by atoms with Crippen LogP contribution in [0.5, 0.6) is 5.75 Å². The summed E-state index contributed by atoms with van der Waals surface area (Å²) in [6, 6.07) is 19.1. The summed E-state index contributed by atoms with van der Waals surface area (Å²) < 4.78 is 0. The number of hydrogen-bond acceptors (Lipinski definition) is 4. The molecule has 0 amide bonds. The van der Waals surface area contributed by atoms with Gasteiger partial charge in [0.15, 0.2) is 0 Å². The van der Waals surface area contributed by atoms with E-state index in [-0.39, 0.29) is 12.4 Å². The number of phenolic OH excluding ortho intramolecular Hbond substituents is 1. The van der Waals surface area contributed by atoms with Gasteiger partial charge in [-0.05, 0) is 53.9 Å². The van der Waals surface area contributed by atoms with E-state index in [0.717, 1.165) is 15.4 Å². The van der Waals surface area contributed by atoms with Crippen molar-refractivity contribution in [1.29, 1.82) is 0 Å². The van der Waals surface area contributed by atoms with Gasteiger partial charge in [-0.2, -0.15) is 0 Å². The number of aliphatic hydroxyl groups is 1. The van der Waals surface area contributed by atoms with Crippen LogP contribution in [0.2, 0.25) is 10.0 Å². The lowest BCUT2D eigenvalue weighted by Crippen LogP contribution is -2.03. The predicted molar refractivity (Wildman–Crippen MR) is 113 cm³/mol. The molecular weight excluding hydrogens is 401 g/mol. The fourth-order valence-corrected chi connectivity index (χ4v) is 4.20. The van der Waals surface area contributed by atoms with E-state index in [1.54, 1.807) is 23.9 Å². The SMILES string of the molecule is OCCc1cc(Cl)cc(NCc2ccccc2Sc2cccc(Cl)c2)c1O. The molecule has 0 aliphatic rings. The topological polar surface area (TPSA) is 52.5 Å². The van der Waals surface area contributed by atoms with Crippen molar-refractivity contribution in [3.8, 4) is 5.75 Å². The summed E-state index contributed by atoms with van der Waals surface area (Å²) in [7, 11) is 0. The second-order valence-electron chi connectivity index (χ2n) is 5.96. The van der Waals surface area contributed by atoms with E-state index in [9.17, 15) is 5.11 Å². The first-order valence-electron chi connectivity index (χ1n) is 8.44. The van der Waals surface area contributed by atoms with Crippen LogP contribution < -0.4 is 5.32 Å². The largest absolute Gasteiger partial charge is 0.505 e. The van der Waals surface area contributed by atoms with Gasteiger partial charge in [0, 0.05) is 33.0 Å². The number of aliphatic hydroxyl groups excluding tert-OH is 1. The number of benzene rings is 3. The molecule has 0 fully saturated rings. The van der Waals surface area contributed by atoms with Crippen molar-refractivity contribution in [3.05, 3.63) is 81.8 Å². The van der Waals surface area contributed by atoms with Crippen LogP contribution in [0.4, 0.5) is 5.69 Å². The first kappa shape index (κ1) is 19.9. The van der Waals surface area contributed by atoms with Gasteiger partial charge in [-0.1, -0.05) is 59.2 Å². The summed E-state index contributed by atoms with van der Waals surface area (Å²) in [4.78, 5) is 2.16. The lowest BCUT2D eigenvalue weighted by Gasteiger charge is -2.14. The fraction of sp³-hybridized carbons (Fsp3) is 0.143. The summed E-state index contributed by atoms with van der Waals surface area (Å²) in [6.07, 6.45) is 0.349. The number of phenols is 1. The summed E-state index contributed by atoms with van der Waals surface area (Å²) >= 11 is 13.9. The highest BCUT2D eigenvalue weighted by Gasteiger charge is 2.11. The standard InChI is InChI=1S/C21H19Cl2NO2S/c22-16-5-3-6-18(11-16)27-20-7-2-1-4-15(20)13-24-19-12-17(23)10-14(8-9-25)21(19)26/h1-7,10-12,24-26H,8-9,13H2. The second-order valence-corrected chi connectivity index (χ2v) is 7.94. The molecule has 0 atom stereocenters. The Hall–Kier alpha value is -1.85. The molecule has 0 radical (unpaired) electrons. The molecule has 0 unspecified atom stereocenters. The van der Waals surface area contributed by atoms with Crippen molar-refractivity contribution in [2.45, 2.75) is 22.8 Å². The Labute approximate surface area is 173 Å². The molecule has 0 saturated carbocycles.